The number of rotatable bonds is 3. The van der Waals surface area contributed by atoms with E-state index in [0.717, 1.165) is 12.6 Å². The van der Waals surface area contributed by atoms with E-state index in [9.17, 15) is 0 Å². The van der Waals surface area contributed by atoms with Crippen LogP contribution in [0, 0.1) is 0 Å². The Bertz CT molecular complexity index is 193. The molecule has 0 aromatic carbocycles. The molecule has 0 aromatic rings. The summed E-state index contributed by atoms with van der Waals surface area (Å²) in [6.45, 7) is 8.84. The van der Waals surface area contributed by atoms with Gasteiger partial charge in [0.15, 0.2) is 0 Å². The third kappa shape index (κ3) is 1.50. The predicted octanol–water partition coefficient (Wildman–Crippen LogP) is 2.04. The number of ether oxygens (including phenoxy) is 1. The fraction of sp³-hybridized carbons (Fsp3) is 1.00. The van der Waals surface area contributed by atoms with E-state index in [2.05, 4.69) is 25.7 Å². The number of hydrogen-bond acceptors (Lipinski definition) is 2. The van der Waals surface area contributed by atoms with Crippen molar-refractivity contribution in [3.8, 4) is 0 Å². The van der Waals surface area contributed by atoms with Crippen LogP contribution in [-0.2, 0) is 4.74 Å². The van der Waals surface area contributed by atoms with Gasteiger partial charge in [-0.25, -0.2) is 0 Å². The van der Waals surface area contributed by atoms with Crippen LogP contribution in [0.25, 0.3) is 0 Å². The summed E-state index contributed by atoms with van der Waals surface area (Å²) in [7, 11) is 0. The first-order valence-electron chi connectivity index (χ1n) is 5.52. The van der Waals surface area contributed by atoms with Crippen molar-refractivity contribution in [3.63, 3.8) is 0 Å². The zero-order valence-corrected chi connectivity index (χ0v) is 9.05. The lowest BCUT2D eigenvalue weighted by Gasteiger charge is -2.50. The number of fused-ring (bicyclic) bond motifs is 1. The van der Waals surface area contributed by atoms with Gasteiger partial charge in [-0.1, -0.05) is 0 Å². The quantitative estimate of drug-likeness (QED) is 0.664. The molecule has 76 valence electrons. The van der Waals surface area contributed by atoms with E-state index < -0.39 is 0 Å². The van der Waals surface area contributed by atoms with E-state index in [4.69, 9.17) is 4.74 Å². The highest BCUT2D eigenvalue weighted by atomic mass is 16.5. The summed E-state index contributed by atoms with van der Waals surface area (Å²) in [6.07, 6.45) is 4.44. The second-order valence-corrected chi connectivity index (χ2v) is 4.92. The highest BCUT2D eigenvalue weighted by molar-refractivity contribution is 5.06. The second-order valence-electron chi connectivity index (χ2n) is 4.92. The summed E-state index contributed by atoms with van der Waals surface area (Å²) < 4.78 is 5.76. The van der Waals surface area contributed by atoms with E-state index in [-0.39, 0.29) is 0 Å². The van der Waals surface area contributed by atoms with Crippen molar-refractivity contribution in [2.45, 2.75) is 57.7 Å². The van der Waals surface area contributed by atoms with Crippen LogP contribution in [0.1, 0.15) is 40.0 Å². The van der Waals surface area contributed by atoms with Gasteiger partial charge in [0.25, 0.3) is 0 Å². The molecule has 2 heterocycles. The molecule has 0 spiro atoms. The zero-order chi connectivity index (χ0) is 9.47. The third-order valence-electron chi connectivity index (χ3n) is 3.67. The third-order valence-corrected chi connectivity index (χ3v) is 3.67. The minimum Gasteiger partial charge on any atom is -0.377 e. The van der Waals surface area contributed by atoms with E-state index >= 15 is 0 Å². The minimum atomic E-state index is 0.382. The first-order chi connectivity index (χ1) is 6.14. The molecule has 0 bridgehead atoms. The Labute approximate surface area is 81.3 Å². The van der Waals surface area contributed by atoms with Crippen molar-refractivity contribution in [2.24, 2.45) is 0 Å². The van der Waals surface area contributed by atoms with Gasteiger partial charge in [-0.15, -0.1) is 0 Å². The Kier molecular flexibility index (Phi) is 2.37. The summed E-state index contributed by atoms with van der Waals surface area (Å²) in [5.74, 6) is 0. The van der Waals surface area contributed by atoms with Gasteiger partial charge in [-0.05, 0) is 40.0 Å². The number of nitrogens with zero attached hydrogens (tertiary/aromatic N) is 1. The normalized spacial score (nSPS) is 39.2. The Balaban J connectivity index is 1.90. The predicted molar refractivity (Wildman–Crippen MR) is 53.8 cm³/mol. The second kappa shape index (κ2) is 3.25. The molecule has 2 rings (SSSR count). The topological polar surface area (TPSA) is 12.5 Å². The Morgan fingerprint density at radius 2 is 2.23 bits per heavy atom. The monoisotopic (exact) mass is 183 g/mol. The lowest BCUT2D eigenvalue weighted by Crippen LogP contribution is -2.60. The summed E-state index contributed by atoms with van der Waals surface area (Å²) >= 11 is 0. The smallest absolute Gasteiger partial charge is 0.0654 e. The van der Waals surface area contributed by atoms with Crippen LogP contribution in [0.4, 0.5) is 0 Å². The fourth-order valence-electron chi connectivity index (χ4n) is 2.70. The maximum Gasteiger partial charge on any atom is 0.0654 e. The lowest BCUT2D eigenvalue weighted by atomic mass is 9.86. The molecule has 2 aliphatic rings. The largest absolute Gasteiger partial charge is 0.377 e. The first kappa shape index (κ1) is 9.47. The lowest BCUT2D eigenvalue weighted by molar-refractivity contribution is -0.0768. The Morgan fingerprint density at radius 3 is 2.69 bits per heavy atom. The molecule has 0 unspecified atom stereocenters. The molecule has 13 heavy (non-hydrogen) atoms. The molecule has 0 amide bonds. The number of hydrogen-bond donors (Lipinski definition) is 0. The van der Waals surface area contributed by atoms with Crippen molar-refractivity contribution in [3.05, 3.63) is 0 Å². The molecule has 0 aromatic heterocycles. The van der Waals surface area contributed by atoms with Gasteiger partial charge in [-0.2, -0.15) is 0 Å². The van der Waals surface area contributed by atoms with E-state index in [1.165, 1.54) is 25.8 Å². The average molecular weight is 183 g/mol. The van der Waals surface area contributed by atoms with Crippen LogP contribution >= 0.6 is 0 Å². The molecule has 2 nitrogen and oxygen atoms in total. The first-order valence-corrected chi connectivity index (χ1v) is 5.52. The molecular formula is C11H21NO. The van der Waals surface area contributed by atoms with Crippen molar-refractivity contribution in [1.29, 1.82) is 0 Å². The maximum absolute atomic E-state index is 5.76. The standard InChI is InChI=1S/C11H21NO/c1-9(2)13-8-11-5-4-10(3)12(11)7-6-11/h9-10H,4-8H2,1-3H3/t10-,11+/m0/s1. The van der Waals surface area contributed by atoms with Gasteiger partial charge in [-0.3, -0.25) is 4.90 Å². The van der Waals surface area contributed by atoms with E-state index in [1.807, 2.05) is 0 Å². The molecule has 2 atom stereocenters. The maximum atomic E-state index is 5.76. The molecule has 2 saturated heterocycles. The highest BCUT2D eigenvalue weighted by Gasteiger charge is 2.51. The van der Waals surface area contributed by atoms with Crippen LogP contribution in [0.5, 0.6) is 0 Å². The molecule has 0 aliphatic carbocycles. The molecule has 0 radical (unpaired) electrons. The Morgan fingerprint density at radius 1 is 1.46 bits per heavy atom. The molecular weight excluding hydrogens is 162 g/mol. The van der Waals surface area contributed by atoms with Crippen molar-refractivity contribution < 1.29 is 4.74 Å². The molecule has 2 aliphatic heterocycles. The summed E-state index contributed by atoms with van der Waals surface area (Å²) in [6, 6.07) is 0.796. The van der Waals surface area contributed by atoms with Gasteiger partial charge < -0.3 is 4.74 Å². The fourth-order valence-corrected chi connectivity index (χ4v) is 2.70. The molecule has 2 heteroatoms. The molecule has 2 fully saturated rings. The van der Waals surface area contributed by atoms with Crippen molar-refractivity contribution in [2.75, 3.05) is 13.2 Å². The van der Waals surface area contributed by atoms with E-state index in [0.29, 0.717) is 11.6 Å². The van der Waals surface area contributed by atoms with Gasteiger partial charge in [0.1, 0.15) is 0 Å². The summed E-state index contributed by atoms with van der Waals surface area (Å²) in [5, 5.41) is 0. The van der Waals surface area contributed by atoms with Gasteiger partial charge >= 0.3 is 0 Å². The summed E-state index contributed by atoms with van der Waals surface area (Å²) in [4.78, 5) is 2.63. The zero-order valence-electron chi connectivity index (χ0n) is 9.05. The van der Waals surface area contributed by atoms with Gasteiger partial charge in [0.2, 0.25) is 0 Å². The Hall–Kier alpha value is -0.0800. The SMILES string of the molecule is CC(C)OC[C@]12CC[C@H](C)N1CC2. The van der Waals surface area contributed by atoms with Gasteiger partial charge in [0.05, 0.1) is 12.7 Å². The molecule has 0 N–H and O–H groups in total. The summed E-state index contributed by atoms with van der Waals surface area (Å²) in [5.41, 5.74) is 0.448. The van der Waals surface area contributed by atoms with Gasteiger partial charge in [0, 0.05) is 18.1 Å². The highest BCUT2D eigenvalue weighted by Crippen LogP contribution is 2.44. The van der Waals surface area contributed by atoms with E-state index in [1.54, 1.807) is 0 Å². The minimum absolute atomic E-state index is 0.382. The average Bonchev–Trinajstić information content (AvgIpc) is 2.21. The van der Waals surface area contributed by atoms with Crippen LogP contribution in [-0.4, -0.2) is 35.7 Å². The van der Waals surface area contributed by atoms with Crippen molar-refractivity contribution >= 4 is 0 Å². The van der Waals surface area contributed by atoms with Crippen LogP contribution < -0.4 is 0 Å². The van der Waals surface area contributed by atoms with Crippen molar-refractivity contribution in [1.82, 2.24) is 4.90 Å². The van der Waals surface area contributed by atoms with Crippen LogP contribution in [0.15, 0.2) is 0 Å². The van der Waals surface area contributed by atoms with Crippen LogP contribution in [0.3, 0.4) is 0 Å². The van der Waals surface area contributed by atoms with Crippen LogP contribution in [0.2, 0.25) is 0 Å². The molecule has 0 saturated carbocycles.